The molecule has 0 saturated heterocycles. The van der Waals surface area contributed by atoms with E-state index in [2.05, 4.69) is 9.05 Å². The number of aliphatic hydroxyl groups is 2. The van der Waals surface area contributed by atoms with Crippen LogP contribution in [0, 0.1) is 0 Å². The van der Waals surface area contributed by atoms with Crippen LogP contribution in [0.15, 0.2) is 0 Å². The molecule has 0 aromatic carbocycles. The second kappa shape index (κ2) is 8.99. The van der Waals surface area contributed by atoms with Gasteiger partial charge in [-0.2, -0.15) is 0 Å². The number of aliphatic hydroxyl groups excluding tert-OH is 2. The molecule has 8 heteroatoms. The molecule has 0 rings (SSSR count). The van der Waals surface area contributed by atoms with Crippen molar-refractivity contribution < 1.29 is 33.2 Å². The summed E-state index contributed by atoms with van der Waals surface area (Å²) in [7, 11) is 0.865. The molecule has 0 amide bonds. The minimum Gasteiger partial charge on any atom is -0.756 e. The fourth-order valence-corrected chi connectivity index (χ4v) is 1.43. The molecular weight excluding hydrogens is 249 g/mol. The van der Waals surface area contributed by atoms with Gasteiger partial charge in [-0.1, -0.05) is 14.9 Å². The Morgan fingerprint density at radius 3 is 2.12 bits per heavy atom. The van der Waals surface area contributed by atoms with Gasteiger partial charge in [0.2, 0.25) is 0 Å². The second-order valence-corrected chi connectivity index (χ2v) is 5.54. The number of quaternary nitrogens is 1. The van der Waals surface area contributed by atoms with Crippen LogP contribution in [0.2, 0.25) is 0 Å². The molecule has 0 bridgehead atoms. The Hall–Kier alpha value is -0.0100. The highest BCUT2D eigenvalue weighted by molar-refractivity contribution is 7.45. The number of hydrogen-bond acceptors (Lipinski definition) is 6. The molecule has 0 aliphatic heterocycles. The first kappa shape index (κ1) is 22.2. The van der Waals surface area contributed by atoms with Gasteiger partial charge in [-0.3, -0.25) is 9.09 Å². The van der Waals surface area contributed by atoms with E-state index in [9.17, 15) is 9.46 Å². The standard InChI is InChI=1S/C7H18NO6P.2CH4/c1-8(2,3)6-14-15(11,12)13-5-7(10)4-9;;/h7,9-10H,4-6H2,1-3H3;2*1H4. The largest absolute Gasteiger partial charge is 0.756 e. The summed E-state index contributed by atoms with van der Waals surface area (Å²) < 4.78 is 20.3. The monoisotopic (exact) mass is 275 g/mol. The van der Waals surface area contributed by atoms with Gasteiger partial charge in [-0.15, -0.1) is 0 Å². The van der Waals surface area contributed by atoms with Crippen molar-refractivity contribution >= 4 is 7.82 Å². The highest BCUT2D eigenvalue weighted by Crippen LogP contribution is 2.38. The van der Waals surface area contributed by atoms with Crippen LogP contribution in [0.3, 0.4) is 0 Å². The average molecular weight is 275 g/mol. The van der Waals surface area contributed by atoms with Gasteiger partial charge in [-0.05, 0) is 0 Å². The first-order chi connectivity index (χ1) is 6.66. The third-order valence-corrected chi connectivity index (χ3v) is 2.14. The topological polar surface area (TPSA) is 99.1 Å². The predicted molar refractivity (Wildman–Crippen MR) is 64.1 cm³/mol. The van der Waals surface area contributed by atoms with Crippen LogP contribution in [0.25, 0.3) is 0 Å². The maximum absolute atomic E-state index is 11.1. The smallest absolute Gasteiger partial charge is 0.272 e. The molecule has 0 saturated carbocycles. The van der Waals surface area contributed by atoms with Crippen LogP contribution >= 0.6 is 7.82 Å². The van der Waals surface area contributed by atoms with Crippen LogP contribution in [0.1, 0.15) is 14.9 Å². The summed E-state index contributed by atoms with van der Waals surface area (Å²) in [4.78, 5) is 11.1. The molecule has 0 fully saturated rings. The van der Waals surface area contributed by atoms with Gasteiger partial charge in [0.15, 0.2) is 6.73 Å². The zero-order valence-corrected chi connectivity index (χ0v) is 10.0. The summed E-state index contributed by atoms with van der Waals surface area (Å²) >= 11 is 0. The Morgan fingerprint density at radius 1 is 1.29 bits per heavy atom. The molecule has 0 radical (unpaired) electrons. The van der Waals surface area contributed by atoms with Crippen molar-refractivity contribution in [2.75, 3.05) is 41.1 Å². The lowest BCUT2D eigenvalue weighted by molar-refractivity contribution is -0.887. The summed E-state index contributed by atoms with van der Waals surface area (Å²) in [6.07, 6.45) is -1.22. The van der Waals surface area contributed by atoms with Crippen LogP contribution in [0.4, 0.5) is 0 Å². The van der Waals surface area contributed by atoms with E-state index in [1.54, 1.807) is 21.1 Å². The Balaban J connectivity index is -0.000000980. The van der Waals surface area contributed by atoms with E-state index in [1.807, 2.05) is 0 Å². The predicted octanol–water partition coefficient (Wildman–Crippen LogP) is -0.223. The molecule has 0 aromatic rings. The lowest BCUT2D eigenvalue weighted by atomic mass is 10.4. The van der Waals surface area contributed by atoms with E-state index >= 15 is 0 Å². The Labute approximate surface area is 104 Å². The molecule has 2 N–H and O–H groups in total. The lowest BCUT2D eigenvalue weighted by Crippen LogP contribution is -2.37. The molecule has 0 aromatic heterocycles. The molecule has 2 atom stereocenters. The SMILES string of the molecule is C.C.C[N+](C)(C)COP(=O)([O-])OCC(O)CO. The molecule has 7 nitrogen and oxygen atoms in total. The molecule has 0 aliphatic rings. The van der Waals surface area contributed by atoms with Gasteiger partial charge in [0.05, 0.1) is 34.4 Å². The van der Waals surface area contributed by atoms with Crippen molar-refractivity contribution in [1.82, 2.24) is 0 Å². The van der Waals surface area contributed by atoms with Gasteiger partial charge in [0, 0.05) is 0 Å². The highest BCUT2D eigenvalue weighted by Gasteiger charge is 2.16. The Morgan fingerprint density at radius 2 is 1.76 bits per heavy atom. The molecule has 0 aliphatic carbocycles. The summed E-state index contributed by atoms with van der Waals surface area (Å²) in [6, 6.07) is 0. The number of phosphoric acid groups is 1. The van der Waals surface area contributed by atoms with Gasteiger partial charge in [0.1, 0.15) is 6.10 Å². The molecule has 2 unspecified atom stereocenters. The Bertz CT molecular complexity index is 230. The average Bonchev–Trinajstić information content (AvgIpc) is 2.10. The van der Waals surface area contributed by atoms with E-state index in [0.717, 1.165) is 0 Å². The summed E-state index contributed by atoms with van der Waals surface area (Å²) in [6.45, 7) is -1.13. The fourth-order valence-electron chi connectivity index (χ4n) is 0.511. The minimum absolute atomic E-state index is 0. The molecule has 17 heavy (non-hydrogen) atoms. The first-order valence-electron chi connectivity index (χ1n) is 4.36. The van der Waals surface area contributed by atoms with E-state index in [-0.39, 0.29) is 21.6 Å². The van der Waals surface area contributed by atoms with Crippen molar-refractivity contribution in [3.05, 3.63) is 0 Å². The zero-order valence-electron chi connectivity index (χ0n) is 9.12. The van der Waals surface area contributed by atoms with Crippen molar-refractivity contribution in [1.29, 1.82) is 0 Å². The maximum Gasteiger partial charge on any atom is 0.272 e. The van der Waals surface area contributed by atoms with E-state index in [0.29, 0.717) is 4.48 Å². The number of phosphoric ester groups is 1. The van der Waals surface area contributed by atoms with Crippen molar-refractivity contribution in [2.24, 2.45) is 0 Å². The van der Waals surface area contributed by atoms with Gasteiger partial charge < -0.3 is 24.1 Å². The Kier molecular flexibility index (Phi) is 11.7. The fraction of sp³-hybridized carbons (Fsp3) is 1.00. The van der Waals surface area contributed by atoms with Crippen molar-refractivity contribution in [3.63, 3.8) is 0 Å². The normalized spacial score (nSPS) is 16.4. The van der Waals surface area contributed by atoms with E-state index in [4.69, 9.17) is 10.2 Å². The third-order valence-electron chi connectivity index (χ3n) is 1.24. The van der Waals surface area contributed by atoms with Crippen LogP contribution < -0.4 is 4.89 Å². The quantitative estimate of drug-likeness (QED) is 0.378. The molecule has 0 spiro atoms. The number of nitrogens with zero attached hydrogens (tertiary/aromatic N) is 1. The van der Waals surface area contributed by atoms with Gasteiger partial charge >= 0.3 is 0 Å². The van der Waals surface area contributed by atoms with E-state index < -0.39 is 27.1 Å². The first-order valence-corrected chi connectivity index (χ1v) is 5.82. The van der Waals surface area contributed by atoms with E-state index in [1.165, 1.54) is 0 Å². The summed E-state index contributed by atoms with van der Waals surface area (Å²) in [5, 5.41) is 17.3. The maximum atomic E-state index is 11.1. The molecular formula is C9H26NO6P. The lowest BCUT2D eigenvalue weighted by Gasteiger charge is -2.29. The van der Waals surface area contributed by atoms with Crippen molar-refractivity contribution in [3.8, 4) is 0 Å². The van der Waals surface area contributed by atoms with Crippen molar-refractivity contribution in [2.45, 2.75) is 21.0 Å². The number of rotatable bonds is 7. The summed E-state index contributed by atoms with van der Waals surface area (Å²) in [5.41, 5.74) is 0. The zero-order chi connectivity index (χ0) is 12.1. The summed E-state index contributed by atoms with van der Waals surface area (Å²) in [5.74, 6) is 0. The molecule has 108 valence electrons. The van der Waals surface area contributed by atoms with Crippen LogP contribution in [0.5, 0.6) is 0 Å². The van der Waals surface area contributed by atoms with Crippen LogP contribution in [-0.2, 0) is 13.6 Å². The second-order valence-electron chi connectivity index (χ2n) is 4.13. The van der Waals surface area contributed by atoms with Crippen LogP contribution in [-0.4, -0.2) is 61.9 Å². The minimum atomic E-state index is -4.39. The van der Waals surface area contributed by atoms with Gasteiger partial charge in [-0.25, -0.2) is 0 Å². The number of hydrogen-bond donors (Lipinski definition) is 2. The van der Waals surface area contributed by atoms with Gasteiger partial charge in [0.25, 0.3) is 7.82 Å². The highest BCUT2D eigenvalue weighted by atomic mass is 31.2. The third kappa shape index (κ3) is 13.9. The molecule has 0 heterocycles.